The van der Waals surface area contributed by atoms with Crippen molar-refractivity contribution < 1.29 is 19.1 Å². The number of aromatic nitrogens is 1. The Hall–Kier alpha value is -4.13. The second-order valence-electron chi connectivity index (χ2n) is 9.09. The van der Waals surface area contributed by atoms with Crippen LogP contribution in [0.15, 0.2) is 85.2 Å². The number of nitrogens with zero attached hydrogens (tertiary/aromatic N) is 2. The molecule has 2 atom stereocenters. The number of hydrogen-bond acceptors (Lipinski definition) is 5. The standard InChI is InChI=1S/C30H33N3O4/c1-36-25-15-16-26(27(19-25)37-2)32-30(35)29(24-13-7-4-8-14-24)33(21-23-12-9-17-31-20-23)28(34)18-22-10-5-3-6-11-22/h3-7,9-12,15-17,19-20,24,29H,8,13-14,18,21H2,1-2H3,(H,32,35)/t24-,29-/m1/s1. The molecule has 37 heavy (non-hydrogen) atoms. The predicted octanol–water partition coefficient (Wildman–Crippen LogP) is 5.03. The molecule has 2 aromatic carbocycles. The fourth-order valence-electron chi connectivity index (χ4n) is 4.72. The number of allylic oxidation sites excluding steroid dienone is 2. The van der Waals surface area contributed by atoms with Crippen molar-refractivity contribution >= 4 is 17.5 Å². The van der Waals surface area contributed by atoms with Crippen LogP contribution in [-0.2, 0) is 22.6 Å². The Morgan fingerprint density at radius 3 is 2.51 bits per heavy atom. The van der Waals surface area contributed by atoms with Crippen LogP contribution >= 0.6 is 0 Å². The SMILES string of the molecule is COc1ccc(NC(=O)[C@@H]([C@@H]2CC=CCC2)N(Cc2cccnc2)C(=O)Cc2ccccc2)c(OC)c1. The maximum absolute atomic E-state index is 14.0. The summed E-state index contributed by atoms with van der Waals surface area (Å²) in [6.45, 7) is 0.289. The molecule has 0 saturated carbocycles. The Labute approximate surface area is 218 Å². The number of nitrogens with one attached hydrogen (secondary N) is 1. The highest BCUT2D eigenvalue weighted by Gasteiger charge is 2.37. The second-order valence-corrected chi connectivity index (χ2v) is 9.09. The number of hydrogen-bond donors (Lipinski definition) is 1. The van der Waals surface area contributed by atoms with Gasteiger partial charge in [-0.2, -0.15) is 0 Å². The highest BCUT2D eigenvalue weighted by atomic mass is 16.5. The molecule has 3 aromatic rings. The van der Waals surface area contributed by atoms with Gasteiger partial charge in [-0.05, 0) is 54.5 Å². The molecular weight excluding hydrogens is 466 g/mol. The van der Waals surface area contributed by atoms with E-state index in [1.165, 1.54) is 0 Å². The summed E-state index contributed by atoms with van der Waals surface area (Å²) in [5.74, 6) is 0.746. The van der Waals surface area contributed by atoms with Crippen molar-refractivity contribution in [1.29, 1.82) is 0 Å². The fraction of sp³-hybridized carbons (Fsp3) is 0.300. The zero-order valence-corrected chi connectivity index (χ0v) is 21.3. The van der Waals surface area contributed by atoms with Crippen LogP contribution in [0.4, 0.5) is 5.69 Å². The zero-order chi connectivity index (χ0) is 26.0. The number of carbonyl (C=O) groups excluding carboxylic acids is 2. The first-order chi connectivity index (χ1) is 18.1. The lowest BCUT2D eigenvalue weighted by molar-refractivity contribution is -0.141. The minimum atomic E-state index is -0.673. The highest BCUT2D eigenvalue weighted by molar-refractivity contribution is 5.98. The third-order valence-electron chi connectivity index (χ3n) is 6.62. The summed E-state index contributed by atoms with van der Waals surface area (Å²) in [6.07, 6.45) is 10.3. The van der Waals surface area contributed by atoms with Gasteiger partial charge in [0.1, 0.15) is 17.5 Å². The number of methoxy groups -OCH3 is 2. The summed E-state index contributed by atoms with van der Waals surface area (Å²) in [7, 11) is 3.13. The minimum Gasteiger partial charge on any atom is -0.497 e. The normalized spacial score (nSPS) is 15.5. The highest BCUT2D eigenvalue weighted by Crippen LogP contribution is 2.32. The Balaban J connectivity index is 1.69. The first-order valence-corrected chi connectivity index (χ1v) is 12.5. The summed E-state index contributed by atoms with van der Waals surface area (Å²) >= 11 is 0. The molecule has 1 heterocycles. The Bertz CT molecular complexity index is 1210. The topological polar surface area (TPSA) is 80.8 Å². The molecule has 1 aliphatic carbocycles. The van der Waals surface area contributed by atoms with Crippen molar-refractivity contribution in [3.8, 4) is 11.5 Å². The molecule has 192 valence electrons. The number of anilines is 1. The number of amides is 2. The molecule has 0 saturated heterocycles. The predicted molar refractivity (Wildman–Crippen MR) is 143 cm³/mol. The van der Waals surface area contributed by atoms with Crippen LogP contribution < -0.4 is 14.8 Å². The summed E-state index contributed by atoms with van der Waals surface area (Å²) in [4.78, 5) is 33.8. The van der Waals surface area contributed by atoms with Gasteiger partial charge in [-0.15, -0.1) is 0 Å². The molecule has 4 rings (SSSR count). The van der Waals surface area contributed by atoms with Crippen molar-refractivity contribution in [1.82, 2.24) is 9.88 Å². The van der Waals surface area contributed by atoms with E-state index in [2.05, 4.69) is 22.5 Å². The van der Waals surface area contributed by atoms with Crippen LogP contribution in [0, 0.1) is 5.92 Å². The van der Waals surface area contributed by atoms with Gasteiger partial charge in [0.15, 0.2) is 0 Å². The number of benzene rings is 2. The van der Waals surface area contributed by atoms with Gasteiger partial charge in [0.2, 0.25) is 11.8 Å². The maximum Gasteiger partial charge on any atom is 0.247 e. The van der Waals surface area contributed by atoms with Gasteiger partial charge in [-0.1, -0.05) is 48.6 Å². The van der Waals surface area contributed by atoms with E-state index in [4.69, 9.17) is 9.47 Å². The summed E-state index contributed by atoms with van der Waals surface area (Å²) in [5.41, 5.74) is 2.31. The smallest absolute Gasteiger partial charge is 0.247 e. The molecule has 0 unspecified atom stereocenters. The summed E-state index contributed by atoms with van der Waals surface area (Å²) in [6, 6.07) is 18.0. The molecular formula is C30H33N3O4. The molecule has 1 N–H and O–H groups in total. The van der Waals surface area contributed by atoms with Gasteiger partial charge in [-0.25, -0.2) is 0 Å². The summed E-state index contributed by atoms with van der Waals surface area (Å²) in [5, 5.41) is 3.04. The largest absolute Gasteiger partial charge is 0.497 e. The van der Waals surface area contributed by atoms with Gasteiger partial charge >= 0.3 is 0 Å². The molecule has 0 aliphatic heterocycles. The average molecular weight is 500 g/mol. The van der Waals surface area contributed by atoms with Gasteiger partial charge in [0, 0.05) is 25.0 Å². The molecule has 1 aromatic heterocycles. The van der Waals surface area contributed by atoms with E-state index in [1.807, 2.05) is 42.5 Å². The third-order valence-corrected chi connectivity index (χ3v) is 6.62. The van der Waals surface area contributed by atoms with Crippen LogP contribution in [0.1, 0.15) is 30.4 Å². The quantitative estimate of drug-likeness (QED) is 0.396. The minimum absolute atomic E-state index is 0.0226. The molecule has 7 nitrogen and oxygen atoms in total. The monoisotopic (exact) mass is 499 g/mol. The third kappa shape index (κ3) is 6.76. The van der Waals surface area contributed by atoms with E-state index >= 15 is 0 Å². The van der Waals surface area contributed by atoms with Gasteiger partial charge in [0.25, 0.3) is 0 Å². The van der Waals surface area contributed by atoms with Gasteiger partial charge in [-0.3, -0.25) is 14.6 Å². The Morgan fingerprint density at radius 1 is 1.03 bits per heavy atom. The fourth-order valence-corrected chi connectivity index (χ4v) is 4.72. The van der Waals surface area contributed by atoms with Crippen LogP contribution in [0.5, 0.6) is 11.5 Å². The van der Waals surface area contributed by atoms with Crippen molar-refractivity contribution in [2.75, 3.05) is 19.5 Å². The van der Waals surface area contributed by atoms with Crippen molar-refractivity contribution in [3.05, 3.63) is 96.3 Å². The van der Waals surface area contributed by atoms with Crippen molar-refractivity contribution in [2.45, 2.75) is 38.3 Å². The van der Waals surface area contributed by atoms with Crippen LogP contribution in [0.2, 0.25) is 0 Å². The lowest BCUT2D eigenvalue weighted by Crippen LogP contribution is -2.51. The molecule has 2 amide bonds. The Kier molecular flexibility index (Phi) is 8.92. The molecule has 0 radical (unpaired) electrons. The number of pyridine rings is 1. The Morgan fingerprint density at radius 2 is 1.84 bits per heavy atom. The van der Waals surface area contributed by atoms with Crippen LogP contribution in [0.25, 0.3) is 0 Å². The lowest BCUT2D eigenvalue weighted by atomic mass is 9.85. The number of rotatable bonds is 10. The van der Waals surface area contributed by atoms with Crippen LogP contribution in [0.3, 0.4) is 0 Å². The number of ether oxygens (including phenoxy) is 2. The molecule has 0 spiro atoms. The van der Waals surface area contributed by atoms with Crippen molar-refractivity contribution in [2.24, 2.45) is 5.92 Å². The van der Waals surface area contributed by atoms with E-state index in [0.717, 1.165) is 30.4 Å². The van der Waals surface area contributed by atoms with E-state index < -0.39 is 6.04 Å². The van der Waals surface area contributed by atoms with Crippen molar-refractivity contribution in [3.63, 3.8) is 0 Å². The van der Waals surface area contributed by atoms with Gasteiger partial charge in [0.05, 0.1) is 26.3 Å². The van der Waals surface area contributed by atoms with E-state index in [1.54, 1.807) is 49.7 Å². The van der Waals surface area contributed by atoms with Gasteiger partial charge < -0.3 is 19.7 Å². The number of carbonyl (C=O) groups is 2. The zero-order valence-electron chi connectivity index (χ0n) is 21.3. The van der Waals surface area contributed by atoms with E-state index in [0.29, 0.717) is 17.2 Å². The molecule has 1 aliphatic rings. The lowest BCUT2D eigenvalue weighted by Gasteiger charge is -2.37. The molecule has 0 bridgehead atoms. The van der Waals surface area contributed by atoms with Crippen LogP contribution in [-0.4, -0.2) is 42.0 Å². The summed E-state index contributed by atoms with van der Waals surface area (Å²) < 4.78 is 10.8. The maximum atomic E-state index is 14.0. The molecule has 0 fully saturated rings. The van der Waals surface area contributed by atoms with E-state index in [9.17, 15) is 9.59 Å². The first kappa shape index (κ1) is 25.9. The second kappa shape index (κ2) is 12.7. The first-order valence-electron chi connectivity index (χ1n) is 12.5. The molecule has 7 heteroatoms. The average Bonchev–Trinajstić information content (AvgIpc) is 2.94. The van der Waals surface area contributed by atoms with E-state index in [-0.39, 0.29) is 30.7 Å².